The highest BCUT2D eigenvalue weighted by Gasteiger charge is 2.56. The van der Waals surface area contributed by atoms with E-state index in [2.05, 4.69) is 31.4 Å². The van der Waals surface area contributed by atoms with E-state index < -0.39 is 5.41 Å². The van der Waals surface area contributed by atoms with E-state index in [1.54, 1.807) is 0 Å². The van der Waals surface area contributed by atoms with Crippen LogP contribution in [0, 0.1) is 5.41 Å². The molecule has 2 aromatic rings. The molecule has 0 bridgehead atoms. The molecule has 1 saturated carbocycles. The van der Waals surface area contributed by atoms with Crippen LogP contribution >= 0.6 is 0 Å². The third-order valence-electron chi connectivity index (χ3n) is 5.25. The summed E-state index contributed by atoms with van der Waals surface area (Å²) < 4.78 is 0. The van der Waals surface area contributed by atoms with Crippen LogP contribution in [-0.4, -0.2) is 11.8 Å². The molecule has 4 nitrogen and oxygen atoms in total. The predicted molar refractivity (Wildman–Crippen MR) is 108 cm³/mol. The van der Waals surface area contributed by atoms with E-state index in [0.717, 1.165) is 16.8 Å². The standard InChI is InChI=1S/C23H28N2O2/c1-16(17-10-6-5-7-11-17)24-20(26)23(14-15-23)21(27)25-19-13-9-8-12-18(19)22(2,3)4/h5-13,16H,14-15H2,1-4H3,(H,24,26)(H,25,27). The monoisotopic (exact) mass is 364 g/mol. The smallest absolute Gasteiger partial charge is 0.240 e. The molecule has 1 unspecified atom stereocenters. The molecule has 3 rings (SSSR count). The molecule has 0 aromatic heterocycles. The van der Waals surface area contributed by atoms with E-state index in [-0.39, 0.29) is 23.3 Å². The van der Waals surface area contributed by atoms with E-state index in [1.807, 2.05) is 61.5 Å². The normalized spacial score (nSPS) is 16.3. The Hall–Kier alpha value is -2.62. The van der Waals surface area contributed by atoms with Crippen LogP contribution in [0.1, 0.15) is 57.7 Å². The first kappa shape index (κ1) is 19.2. The molecule has 0 spiro atoms. The Kier molecular flexibility index (Phi) is 5.09. The van der Waals surface area contributed by atoms with Crippen LogP contribution in [0.3, 0.4) is 0 Å². The molecule has 1 fully saturated rings. The second kappa shape index (κ2) is 7.18. The van der Waals surface area contributed by atoms with Crippen molar-refractivity contribution in [3.63, 3.8) is 0 Å². The van der Waals surface area contributed by atoms with Crippen LogP contribution in [0.15, 0.2) is 54.6 Å². The summed E-state index contributed by atoms with van der Waals surface area (Å²) in [7, 11) is 0. The molecular weight excluding hydrogens is 336 g/mol. The lowest BCUT2D eigenvalue weighted by Crippen LogP contribution is -2.41. The van der Waals surface area contributed by atoms with E-state index in [4.69, 9.17) is 0 Å². The molecule has 1 aliphatic rings. The molecule has 2 aromatic carbocycles. The summed E-state index contributed by atoms with van der Waals surface area (Å²) in [5.41, 5.74) is 1.83. The van der Waals surface area contributed by atoms with Crippen molar-refractivity contribution in [2.75, 3.05) is 5.32 Å². The minimum Gasteiger partial charge on any atom is -0.349 e. The second-order valence-electron chi connectivity index (χ2n) is 8.44. The summed E-state index contributed by atoms with van der Waals surface area (Å²) in [6.45, 7) is 8.27. The van der Waals surface area contributed by atoms with Gasteiger partial charge < -0.3 is 10.6 Å². The molecule has 4 heteroatoms. The number of benzene rings is 2. The number of hydrogen-bond acceptors (Lipinski definition) is 2. The van der Waals surface area contributed by atoms with Crippen molar-refractivity contribution in [3.8, 4) is 0 Å². The topological polar surface area (TPSA) is 58.2 Å². The second-order valence-corrected chi connectivity index (χ2v) is 8.44. The quantitative estimate of drug-likeness (QED) is 0.763. The molecule has 0 heterocycles. The summed E-state index contributed by atoms with van der Waals surface area (Å²) >= 11 is 0. The summed E-state index contributed by atoms with van der Waals surface area (Å²) in [5, 5.41) is 6.02. The van der Waals surface area contributed by atoms with Crippen LogP contribution < -0.4 is 10.6 Å². The minimum absolute atomic E-state index is 0.0926. The average molecular weight is 364 g/mol. The van der Waals surface area contributed by atoms with Crippen molar-refractivity contribution in [1.82, 2.24) is 5.32 Å². The number of nitrogens with one attached hydrogen (secondary N) is 2. The van der Waals surface area contributed by atoms with Crippen LogP contribution in [0.4, 0.5) is 5.69 Å². The third-order valence-corrected chi connectivity index (χ3v) is 5.25. The first-order valence-corrected chi connectivity index (χ1v) is 9.51. The number of anilines is 1. The molecule has 2 amide bonds. The van der Waals surface area contributed by atoms with Crippen LogP contribution in [0.5, 0.6) is 0 Å². The zero-order chi connectivity index (χ0) is 19.7. The zero-order valence-corrected chi connectivity index (χ0v) is 16.5. The number of para-hydroxylation sites is 1. The lowest BCUT2D eigenvalue weighted by atomic mass is 9.85. The Morgan fingerprint density at radius 1 is 0.926 bits per heavy atom. The number of hydrogen-bond donors (Lipinski definition) is 2. The van der Waals surface area contributed by atoms with Crippen LogP contribution in [-0.2, 0) is 15.0 Å². The lowest BCUT2D eigenvalue weighted by Gasteiger charge is -2.24. The van der Waals surface area contributed by atoms with Gasteiger partial charge in [0.25, 0.3) is 0 Å². The maximum atomic E-state index is 13.0. The number of carbonyl (C=O) groups excluding carboxylic acids is 2. The van der Waals surface area contributed by atoms with Gasteiger partial charge in [0.15, 0.2) is 0 Å². The van der Waals surface area contributed by atoms with Gasteiger partial charge in [-0.2, -0.15) is 0 Å². The Morgan fingerprint density at radius 2 is 1.52 bits per heavy atom. The van der Waals surface area contributed by atoms with Gasteiger partial charge in [-0.15, -0.1) is 0 Å². The number of rotatable bonds is 5. The fourth-order valence-electron chi connectivity index (χ4n) is 3.33. The highest BCUT2D eigenvalue weighted by atomic mass is 16.2. The Morgan fingerprint density at radius 3 is 2.11 bits per heavy atom. The fourth-order valence-corrected chi connectivity index (χ4v) is 3.33. The van der Waals surface area contributed by atoms with Gasteiger partial charge in [-0.1, -0.05) is 69.3 Å². The summed E-state index contributed by atoms with van der Waals surface area (Å²) in [6, 6.07) is 17.5. The van der Waals surface area contributed by atoms with Gasteiger partial charge in [0.1, 0.15) is 5.41 Å². The first-order valence-electron chi connectivity index (χ1n) is 9.51. The van der Waals surface area contributed by atoms with Crippen LogP contribution in [0.2, 0.25) is 0 Å². The number of amides is 2. The molecule has 0 aliphatic heterocycles. The maximum Gasteiger partial charge on any atom is 0.240 e. The van der Waals surface area contributed by atoms with Crippen molar-refractivity contribution in [3.05, 3.63) is 65.7 Å². The molecular formula is C23H28N2O2. The van der Waals surface area contributed by atoms with E-state index in [9.17, 15) is 9.59 Å². The molecule has 27 heavy (non-hydrogen) atoms. The van der Waals surface area contributed by atoms with Gasteiger partial charge in [0.05, 0.1) is 6.04 Å². The van der Waals surface area contributed by atoms with E-state index in [1.165, 1.54) is 0 Å². The Bertz CT molecular complexity index is 833. The third kappa shape index (κ3) is 4.05. The average Bonchev–Trinajstić information content (AvgIpc) is 3.44. The Balaban J connectivity index is 1.73. The molecule has 1 aliphatic carbocycles. The van der Waals surface area contributed by atoms with Gasteiger partial charge in [-0.25, -0.2) is 0 Å². The fraction of sp³-hybridized carbons (Fsp3) is 0.391. The molecule has 142 valence electrons. The van der Waals surface area contributed by atoms with Crippen molar-refractivity contribution in [2.45, 2.75) is 52.0 Å². The molecule has 0 saturated heterocycles. The SMILES string of the molecule is CC(NC(=O)C1(C(=O)Nc2ccccc2C(C)(C)C)CC1)c1ccccc1. The summed E-state index contributed by atoms with van der Waals surface area (Å²) in [4.78, 5) is 25.8. The number of carbonyl (C=O) groups is 2. The summed E-state index contributed by atoms with van der Waals surface area (Å²) in [5.74, 6) is -0.401. The zero-order valence-electron chi connectivity index (χ0n) is 16.5. The van der Waals surface area contributed by atoms with Crippen molar-refractivity contribution < 1.29 is 9.59 Å². The Labute approximate surface area is 161 Å². The minimum atomic E-state index is -0.950. The largest absolute Gasteiger partial charge is 0.349 e. The lowest BCUT2D eigenvalue weighted by molar-refractivity contribution is -0.134. The van der Waals surface area contributed by atoms with Gasteiger partial charge in [0, 0.05) is 5.69 Å². The van der Waals surface area contributed by atoms with E-state index >= 15 is 0 Å². The van der Waals surface area contributed by atoms with Crippen molar-refractivity contribution >= 4 is 17.5 Å². The highest BCUT2D eigenvalue weighted by molar-refractivity contribution is 6.13. The summed E-state index contributed by atoms with van der Waals surface area (Å²) in [6.07, 6.45) is 1.17. The van der Waals surface area contributed by atoms with Gasteiger partial charge in [-0.05, 0) is 42.4 Å². The van der Waals surface area contributed by atoms with Gasteiger partial charge >= 0.3 is 0 Å². The van der Waals surface area contributed by atoms with Crippen molar-refractivity contribution in [1.29, 1.82) is 0 Å². The van der Waals surface area contributed by atoms with E-state index in [0.29, 0.717) is 12.8 Å². The highest BCUT2D eigenvalue weighted by Crippen LogP contribution is 2.47. The van der Waals surface area contributed by atoms with Gasteiger partial charge in [0.2, 0.25) is 11.8 Å². The maximum absolute atomic E-state index is 13.0. The molecule has 2 N–H and O–H groups in total. The van der Waals surface area contributed by atoms with Crippen molar-refractivity contribution in [2.24, 2.45) is 5.41 Å². The molecule has 1 atom stereocenters. The molecule has 0 radical (unpaired) electrons. The van der Waals surface area contributed by atoms with Crippen LogP contribution in [0.25, 0.3) is 0 Å². The predicted octanol–water partition coefficient (Wildman–Crippen LogP) is 4.58. The van der Waals surface area contributed by atoms with Gasteiger partial charge in [-0.3, -0.25) is 9.59 Å². The first-order chi connectivity index (χ1) is 12.7.